The first-order chi connectivity index (χ1) is 10.6. The number of benzene rings is 1. The Balaban J connectivity index is 1.94. The number of nitrogens with zero attached hydrogens (tertiary/aromatic N) is 2. The van der Waals surface area contributed by atoms with Gasteiger partial charge in [0.1, 0.15) is 11.6 Å². The zero-order valence-corrected chi connectivity index (χ0v) is 12.5. The Morgan fingerprint density at radius 1 is 1.27 bits per heavy atom. The van der Waals surface area contributed by atoms with E-state index in [1.807, 2.05) is 6.07 Å². The maximum absolute atomic E-state index is 12.5. The molecule has 3 rings (SSSR count). The van der Waals surface area contributed by atoms with Gasteiger partial charge in [0.2, 0.25) is 0 Å². The van der Waals surface area contributed by atoms with Gasteiger partial charge in [-0.05, 0) is 37.4 Å². The minimum atomic E-state index is -0.875. The third-order valence-corrected chi connectivity index (χ3v) is 3.81. The zero-order chi connectivity index (χ0) is 15.9. The molecule has 0 aliphatic carbocycles. The monoisotopic (exact) mass is 316 g/mol. The van der Waals surface area contributed by atoms with Gasteiger partial charge in [0.25, 0.3) is 11.8 Å². The lowest BCUT2D eigenvalue weighted by Gasteiger charge is -2.18. The summed E-state index contributed by atoms with van der Waals surface area (Å²) >= 11 is 5.24. The first-order valence-corrected chi connectivity index (χ1v) is 7.12. The average Bonchev–Trinajstić information content (AvgIpc) is 2.97. The number of ether oxygens (including phenoxy) is 1. The average molecular weight is 316 g/mol. The predicted octanol–water partition coefficient (Wildman–Crippen LogP) is 1.02. The molecule has 1 aromatic carbocycles. The first-order valence-electron chi connectivity index (χ1n) is 6.71. The van der Waals surface area contributed by atoms with Crippen molar-refractivity contribution in [2.45, 2.75) is 13.0 Å². The van der Waals surface area contributed by atoms with Crippen LogP contribution >= 0.6 is 12.2 Å². The number of carbonyl (C=O) groups is 3. The van der Waals surface area contributed by atoms with Crippen LogP contribution in [-0.4, -0.2) is 40.4 Å². The van der Waals surface area contributed by atoms with E-state index in [1.54, 1.807) is 31.2 Å². The molecule has 0 N–H and O–H groups in total. The molecule has 0 radical (unpaired) electrons. The Morgan fingerprint density at radius 2 is 1.95 bits per heavy atom. The summed E-state index contributed by atoms with van der Waals surface area (Å²) in [6.07, 6.45) is 1.32. The number of hydrogen-bond donors (Lipinski definition) is 0. The maximum Gasteiger partial charge on any atom is 0.343 e. The fourth-order valence-electron chi connectivity index (χ4n) is 2.46. The lowest BCUT2D eigenvalue weighted by Crippen LogP contribution is -2.37. The first kappa shape index (κ1) is 14.4. The molecule has 0 spiro atoms. The van der Waals surface area contributed by atoms with Crippen LogP contribution in [0, 0.1) is 0 Å². The Hall–Kier alpha value is -2.54. The van der Waals surface area contributed by atoms with E-state index >= 15 is 0 Å². The fraction of sp³-hybridized carbons (Fsp3) is 0.200. The van der Waals surface area contributed by atoms with Crippen LogP contribution in [0.25, 0.3) is 0 Å². The quantitative estimate of drug-likeness (QED) is 0.473. The van der Waals surface area contributed by atoms with Gasteiger partial charge < -0.3 is 4.74 Å². The van der Waals surface area contributed by atoms with Crippen molar-refractivity contribution in [2.75, 3.05) is 11.5 Å². The Morgan fingerprint density at radius 3 is 2.55 bits per heavy atom. The summed E-state index contributed by atoms with van der Waals surface area (Å²) in [6.45, 7) is 1.80. The molecule has 1 atom stereocenters. The van der Waals surface area contributed by atoms with Gasteiger partial charge in [0.15, 0.2) is 5.11 Å². The molecule has 2 heterocycles. The van der Waals surface area contributed by atoms with Crippen LogP contribution in [0.2, 0.25) is 0 Å². The van der Waals surface area contributed by atoms with Gasteiger partial charge in [-0.25, -0.2) is 4.79 Å². The SMILES string of the molecule is CCOC(=O)C1=CC2C(=O)N(c3ccccc3)C(=S)N2C1=O. The topological polar surface area (TPSA) is 66.9 Å². The van der Waals surface area contributed by atoms with Gasteiger partial charge >= 0.3 is 5.97 Å². The van der Waals surface area contributed by atoms with Gasteiger partial charge in [-0.1, -0.05) is 18.2 Å². The molecule has 2 amide bonds. The van der Waals surface area contributed by atoms with Gasteiger partial charge in [-0.15, -0.1) is 0 Å². The van der Waals surface area contributed by atoms with E-state index in [0.717, 1.165) is 4.90 Å². The number of hydrogen-bond acceptors (Lipinski definition) is 5. The predicted molar refractivity (Wildman–Crippen MR) is 81.9 cm³/mol. The van der Waals surface area contributed by atoms with Crippen molar-refractivity contribution in [1.82, 2.24) is 4.90 Å². The van der Waals surface area contributed by atoms with Crippen LogP contribution < -0.4 is 4.90 Å². The van der Waals surface area contributed by atoms with Gasteiger partial charge in [-0.2, -0.15) is 0 Å². The number of anilines is 1. The van der Waals surface area contributed by atoms with E-state index in [-0.39, 0.29) is 23.2 Å². The van der Waals surface area contributed by atoms with E-state index in [9.17, 15) is 14.4 Å². The lowest BCUT2D eigenvalue weighted by molar-refractivity contribution is -0.141. The van der Waals surface area contributed by atoms with Crippen molar-refractivity contribution >= 4 is 40.8 Å². The number of para-hydroxylation sites is 1. The largest absolute Gasteiger partial charge is 0.462 e. The van der Waals surface area contributed by atoms with Crippen LogP contribution in [0.5, 0.6) is 0 Å². The van der Waals surface area contributed by atoms with Crippen LogP contribution in [0.4, 0.5) is 5.69 Å². The molecular weight excluding hydrogens is 304 g/mol. The third kappa shape index (κ3) is 2.01. The normalized spacial score (nSPS) is 20.3. The number of esters is 1. The third-order valence-electron chi connectivity index (χ3n) is 3.43. The molecule has 112 valence electrons. The molecule has 1 fully saturated rings. The molecule has 1 unspecified atom stereocenters. The lowest BCUT2D eigenvalue weighted by atomic mass is 10.2. The van der Waals surface area contributed by atoms with E-state index in [2.05, 4.69) is 0 Å². The summed E-state index contributed by atoms with van der Waals surface area (Å²) < 4.78 is 4.82. The van der Waals surface area contributed by atoms with Crippen molar-refractivity contribution in [3.8, 4) is 0 Å². The highest BCUT2D eigenvalue weighted by molar-refractivity contribution is 7.80. The minimum Gasteiger partial charge on any atom is -0.462 e. The van der Waals surface area contributed by atoms with Crippen molar-refractivity contribution < 1.29 is 19.1 Å². The molecule has 0 saturated carbocycles. The highest BCUT2D eigenvalue weighted by Gasteiger charge is 2.51. The van der Waals surface area contributed by atoms with Crippen LogP contribution in [0.1, 0.15) is 6.92 Å². The van der Waals surface area contributed by atoms with Crippen molar-refractivity contribution in [3.63, 3.8) is 0 Å². The summed E-state index contributed by atoms with van der Waals surface area (Å²) in [5.41, 5.74) is 0.445. The Labute approximate surface area is 131 Å². The Bertz CT molecular complexity index is 714. The number of carbonyl (C=O) groups excluding carboxylic acids is 3. The van der Waals surface area contributed by atoms with Crippen LogP contribution in [-0.2, 0) is 19.1 Å². The molecule has 0 bridgehead atoms. The van der Waals surface area contributed by atoms with Crippen LogP contribution in [0.15, 0.2) is 42.0 Å². The molecule has 6 nitrogen and oxygen atoms in total. The maximum atomic E-state index is 12.5. The van der Waals surface area contributed by atoms with Crippen molar-refractivity contribution in [3.05, 3.63) is 42.0 Å². The standard InChI is InChI=1S/C15H12N2O4S/c1-2-21-14(20)10-8-11-13(19)16(9-6-4-3-5-7-9)15(22)17(11)12(10)18/h3-8,11H,2H2,1H3. The van der Waals surface area contributed by atoms with Gasteiger partial charge in [-0.3, -0.25) is 19.4 Å². The second-order valence-electron chi connectivity index (χ2n) is 4.71. The fourth-order valence-corrected chi connectivity index (χ4v) is 2.85. The summed E-state index contributed by atoms with van der Waals surface area (Å²) in [4.78, 5) is 39.0. The van der Waals surface area contributed by atoms with E-state index in [1.165, 1.54) is 11.0 Å². The van der Waals surface area contributed by atoms with Crippen molar-refractivity contribution in [2.24, 2.45) is 0 Å². The summed E-state index contributed by atoms with van der Waals surface area (Å²) in [6, 6.07) is 7.95. The second-order valence-corrected chi connectivity index (χ2v) is 5.08. The van der Waals surface area contributed by atoms with Crippen molar-refractivity contribution in [1.29, 1.82) is 0 Å². The van der Waals surface area contributed by atoms with Crippen LogP contribution in [0.3, 0.4) is 0 Å². The second kappa shape index (κ2) is 5.34. The number of fused-ring (bicyclic) bond motifs is 1. The summed E-state index contributed by atoms with van der Waals surface area (Å²) in [5.74, 6) is -1.69. The minimum absolute atomic E-state index is 0.0711. The number of amides is 2. The number of rotatable bonds is 3. The molecule has 1 saturated heterocycles. The highest BCUT2D eigenvalue weighted by atomic mass is 32.1. The highest BCUT2D eigenvalue weighted by Crippen LogP contribution is 2.31. The molecule has 1 aromatic rings. The van der Waals surface area contributed by atoms with E-state index < -0.39 is 17.9 Å². The van der Waals surface area contributed by atoms with Gasteiger partial charge in [0.05, 0.1) is 12.3 Å². The molecule has 2 aliphatic rings. The smallest absolute Gasteiger partial charge is 0.343 e. The van der Waals surface area contributed by atoms with E-state index in [0.29, 0.717) is 5.69 Å². The Kier molecular flexibility index (Phi) is 3.50. The molecule has 0 aromatic heterocycles. The summed E-state index contributed by atoms with van der Waals surface area (Å²) in [5, 5.41) is 0.0711. The molecular formula is C15H12N2O4S. The zero-order valence-electron chi connectivity index (χ0n) is 11.7. The van der Waals surface area contributed by atoms with E-state index in [4.69, 9.17) is 17.0 Å². The number of thiocarbonyl (C=S) groups is 1. The molecule has 7 heteroatoms. The molecule has 2 aliphatic heterocycles. The molecule has 22 heavy (non-hydrogen) atoms. The van der Waals surface area contributed by atoms with Gasteiger partial charge in [0, 0.05) is 0 Å². The summed E-state index contributed by atoms with van der Waals surface area (Å²) in [7, 11) is 0.